The maximum absolute atomic E-state index is 11.6. The van der Waals surface area contributed by atoms with Gasteiger partial charge in [-0.05, 0) is 31.6 Å². The lowest BCUT2D eigenvalue weighted by Crippen LogP contribution is -2.46. The first-order valence-corrected chi connectivity index (χ1v) is 6.71. The van der Waals surface area contributed by atoms with E-state index in [9.17, 15) is 4.79 Å². The maximum atomic E-state index is 11.6. The highest BCUT2D eigenvalue weighted by Crippen LogP contribution is 2.33. The summed E-state index contributed by atoms with van der Waals surface area (Å²) in [6.07, 6.45) is 4.16. The van der Waals surface area contributed by atoms with Crippen LogP contribution in [0.25, 0.3) is 0 Å². The van der Waals surface area contributed by atoms with Crippen LogP contribution in [0.1, 0.15) is 32.6 Å². The molecule has 1 rings (SSSR count). The Morgan fingerprint density at radius 2 is 2.11 bits per heavy atom. The van der Waals surface area contributed by atoms with E-state index in [2.05, 4.69) is 12.2 Å². The molecule has 0 spiro atoms. The number of hydrogen-bond donors (Lipinski definition) is 2. The predicted octanol–water partition coefficient (Wildman–Crippen LogP) is 0.673. The van der Waals surface area contributed by atoms with Gasteiger partial charge in [-0.3, -0.25) is 4.79 Å². The van der Waals surface area contributed by atoms with E-state index >= 15 is 0 Å². The van der Waals surface area contributed by atoms with E-state index in [0.29, 0.717) is 19.7 Å². The number of amides is 1. The van der Waals surface area contributed by atoms with E-state index < -0.39 is 0 Å². The molecule has 3 N–H and O–H groups in total. The number of methoxy groups -OCH3 is 1. The molecule has 0 bridgehead atoms. The molecule has 0 radical (unpaired) electrons. The van der Waals surface area contributed by atoms with Gasteiger partial charge in [0.2, 0.25) is 5.91 Å². The number of rotatable bonds is 7. The molecular formula is C13H26N2O3. The average Bonchev–Trinajstić information content (AvgIpc) is 2.39. The quantitative estimate of drug-likeness (QED) is 0.658. The zero-order valence-corrected chi connectivity index (χ0v) is 11.5. The second-order valence-corrected chi connectivity index (χ2v) is 5.20. The van der Waals surface area contributed by atoms with Crippen LogP contribution < -0.4 is 11.1 Å². The van der Waals surface area contributed by atoms with Gasteiger partial charge in [0.05, 0.1) is 12.2 Å². The van der Waals surface area contributed by atoms with Crippen molar-refractivity contribution in [2.75, 3.05) is 33.4 Å². The number of carbonyl (C=O) groups is 1. The molecule has 1 saturated carbocycles. The van der Waals surface area contributed by atoms with Gasteiger partial charge < -0.3 is 20.5 Å². The van der Waals surface area contributed by atoms with Crippen LogP contribution in [0.5, 0.6) is 0 Å². The molecule has 5 nitrogen and oxygen atoms in total. The predicted molar refractivity (Wildman–Crippen MR) is 70.3 cm³/mol. The van der Waals surface area contributed by atoms with Crippen molar-refractivity contribution in [2.45, 2.75) is 38.2 Å². The Bertz CT molecular complexity index is 251. The summed E-state index contributed by atoms with van der Waals surface area (Å²) in [5, 5.41) is 2.74. The molecule has 0 aromatic carbocycles. The molecule has 1 aliphatic carbocycles. The molecule has 0 saturated heterocycles. The largest absolute Gasteiger partial charge is 0.383 e. The van der Waals surface area contributed by atoms with Crippen LogP contribution in [0.15, 0.2) is 0 Å². The number of carbonyl (C=O) groups excluding carboxylic acids is 1. The molecule has 5 heteroatoms. The minimum Gasteiger partial charge on any atom is -0.383 e. The summed E-state index contributed by atoms with van der Waals surface area (Å²) in [4.78, 5) is 11.6. The van der Waals surface area contributed by atoms with Crippen molar-refractivity contribution in [3.05, 3.63) is 0 Å². The Kier molecular flexibility index (Phi) is 6.60. The highest BCUT2D eigenvalue weighted by Gasteiger charge is 2.34. The third-order valence-corrected chi connectivity index (χ3v) is 3.70. The van der Waals surface area contributed by atoms with Gasteiger partial charge in [-0.1, -0.05) is 6.92 Å². The number of hydrogen-bond acceptors (Lipinski definition) is 4. The lowest BCUT2D eigenvalue weighted by atomic mass is 9.79. The normalized spacial score (nSPS) is 28.1. The third kappa shape index (κ3) is 4.92. The Morgan fingerprint density at radius 1 is 1.44 bits per heavy atom. The third-order valence-electron chi connectivity index (χ3n) is 3.70. The summed E-state index contributed by atoms with van der Waals surface area (Å²) in [5.41, 5.74) is 5.53. The van der Waals surface area contributed by atoms with Gasteiger partial charge in [-0.15, -0.1) is 0 Å². The van der Waals surface area contributed by atoms with E-state index in [4.69, 9.17) is 15.2 Å². The lowest BCUT2D eigenvalue weighted by Gasteiger charge is -2.38. The van der Waals surface area contributed by atoms with Gasteiger partial charge in [0.15, 0.2) is 0 Å². The topological polar surface area (TPSA) is 73.6 Å². The molecule has 0 aromatic heterocycles. The van der Waals surface area contributed by atoms with Gasteiger partial charge in [0.25, 0.3) is 0 Å². The molecule has 0 aliphatic heterocycles. The van der Waals surface area contributed by atoms with E-state index in [0.717, 1.165) is 31.6 Å². The van der Waals surface area contributed by atoms with E-state index in [1.54, 1.807) is 7.11 Å². The SMILES string of the molecule is COCCNC(=O)COC1(CN)CCC(C)CC1. The smallest absolute Gasteiger partial charge is 0.246 e. The van der Waals surface area contributed by atoms with Crippen LogP contribution in [0.2, 0.25) is 0 Å². The minimum absolute atomic E-state index is 0.0926. The Hall–Kier alpha value is -0.650. The number of ether oxygens (including phenoxy) is 2. The van der Waals surface area contributed by atoms with Gasteiger partial charge in [-0.25, -0.2) is 0 Å². The van der Waals surface area contributed by atoms with Crippen LogP contribution in [-0.4, -0.2) is 44.9 Å². The van der Waals surface area contributed by atoms with Crippen molar-refractivity contribution in [2.24, 2.45) is 11.7 Å². The van der Waals surface area contributed by atoms with Crippen LogP contribution in [0.4, 0.5) is 0 Å². The summed E-state index contributed by atoms with van der Waals surface area (Å²) in [5.74, 6) is 0.641. The highest BCUT2D eigenvalue weighted by atomic mass is 16.5. The zero-order chi connectivity index (χ0) is 13.4. The lowest BCUT2D eigenvalue weighted by molar-refractivity contribution is -0.136. The van der Waals surface area contributed by atoms with E-state index in [1.807, 2.05) is 0 Å². The molecule has 106 valence electrons. The molecule has 0 atom stereocenters. The zero-order valence-electron chi connectivity index (χ0n) is 11.5. The highest BCUT2D eigenvalue weighted by molar-refractivity contribution is 5.77. The Balaban J connectivity index is 2.28. The van der Waals surface area contributed by atoms with Gasteiger partial charge in [-0.2, -0.15) is 0 Å². The summed E-state index contributed by atoms with van der Waals surface area (Å²) in [6, 6.07) is 0. The molecule has 18 heavy (non-hydrogen) atoms. The second kappa shape index (κ2) is 7.71. The number of nitrogens with two attached hydrogens (primary N) is 1. The monoisotopic (exact) mass is 258 g/mol. The molecule has 1 amide bonds. The van der Waals surface area contributed by atoms with Crippen LogP contribution in [0.3, 0.4) is 0 Å². The molecule has 1 fully saturated rings. The van der Waals surface area contributed by atoms with Gasteiger partial charge >= 0.3 is 0 Å². The summed E-state index contributed by atoms with van der Waals surface area (Å²) in [7, 11) is 1.61. The van der Waals surface area contributed by atoms with E-state index in [-0.39, 0.29) is 18.1 Å². The Labute approximate surface area is 109 Å². The molecular weight excluding hydrogens is 232 g/mol. The molecule has 0 unspecified atom stereocenters. The number of nitrogens with one attached hydrogen (secondary N) is 1. The van der Waals surface area contributed by atoms with E-state index in [1.165, 1.54) is 0 Å². The fourth-order valence-electron chi connectivity index (χ4n) is 2.26. The first-order chi connectivity index (χ1) is 8.62. The van der Waals surface area contributed by atoms with Crippen LogP contribution in [-0.2, 0) is 14.3 Å². The summed E-state index contributed by atoms with van der Waals surface area (Å²) >= 11 is 0. The van der Waals surface area contributed by atoms with Crippen molar-refractivity contribution < 1.29 is 14.3 Å². The average molecular weight is 258 g/mol. The van der Waals surface area contributed by atoms with Gasteiger partial charge in [0, 0.05) is 20.2 Å². The summed E-state index contributed by atoms with van der Waals surface area (Å²) in [6.45, 7) is 3.87. The van der Waals surface area contributed by atoms with Crippen molar-refractivity contribution in [1.82, 2.24) is 5.32 Å². The van der Waals surface area contributed by atoms with Crippen molar-refractivity contribution in [3.8, 4) is 0 Å². The fraction of sp³-hybridized carbons (Fsp3) is 0.923. The van der Waals surface area contributed by atoms with Gasteiger partial charge in [0.1, 0.15) is 6.61 Å². The molecule has 0 heterocycles. The Morgan fingerprint density at radius 3 is 2.67 bits per heavy atom. The van der Waals surface area contributed by atoms with Crippen LogP contribution >= 0.6 is 0 Å². The molecule has 1 aliphatic rings. The standard InChI is InChI=1S/C13H26N2O3/c1-11-3-5-13(10-14,6-4-11)18-9-12(16)15-7-8-17-2/h11H,3-10,14H2,1-2H3,(H,15,16). The van der Waals surface area contributed by atoms with Crippen molar-refractivity contribution in [1.29, 1.82) is 0 Å². The van der Waals surface area contributed by atoms with Crippen molar-refractivity contribution >= 4 is 5.91 Å². The maximum Gasteiger partial charge on any atom is 0.246 e. The van der Waals surface area contributed by atoms with Crippen molar-refractivity contribution in [3.63, 3.8) is 0 Å². The van der Waals surface area contributed by atoms with Crippen LogP contribution in [0, 0.1) is 5.92 Å². The fourth-order valence-corrected chi connectivity index (χ4v) is 2.26. The summed E-state index contributed by atoms with van der Waals surface area (Å²) < 4.78 is 10.6. The molecule has 0 aromatic rings. The second-order valence-electron chi connectivity index (χ2n) is 5.20. The minimum atomic E-state index is -0.287. The first kappa shape index (κ1) is 15.4. The first-order valence-electron chi connectivity index (χ1n) is 6.71.